The summed E-state index contributed by atoms with van der Waals surface area (Å²) in [6, 6.07) is 6.32. The standard InChI is InChI=1S/C13H15BrN2/c14-11-4-3-5-12-13(11)10(8-15-12)9-16-6-1-2-7-16/h3-5,8,15H,1-2,6-7,9H2. The highest BCUT2D eigenvalue weighted by Gasteiger charge is 2.14. The van der Waals surface area contributed by atoms with Gasteiger partial charge in [-0.3, -0.25) is 4.90 Å². The molecule has 3 rings (SSSR count). The van der Waals surface area contributed by atoms with E-state index in [-0.39, 0.29) is 0 Å². The van der Waals surface area contributed by atoms with Crippen LogP contribution in [0.2, 0.25) is 0 Å². The summed E-state index contributed by atoms with van der Waals surface area (Å²) in [5, 5.41) is 1.34. The summed E-state index contributed by atoms with van der Waals surface area (Å²) >= 11 is 3.64. The molecule has 1 aromatic carbocycles. The number of hydrogen-bond donors (Lipinski definition) is 1. The Kier molecular flexibility index (Phi) is 2.74. The van der Waals surface area contributed by atoms with E-state index < -0.39 is 0 Å². The van der Waals surface area contributed by atoms with Gasteiger partial charge in [0.15, 0.2) is 0 Å². The summed E-state index contributed by atoms with van der Waals surface area (Å²) in [5.74, 6) is 0. The van der Waals surface area contributed by atoms with Gasteiger partial charge >= 0.3 is 0 Å². The number of benzene rings is 1. The third kappa shape index (κ3) is 1.78. The van der Waals surface area contributed by atoms with Crippen molar-refractivity contribution >= 4 is 26.8 Å². The topological polar surface area (TPSA) is 19.0 Å². The second-order valence-electron chi connectivity index (χ2n) is 4.46. The van der Waals surface area contributed by atoms with Gasteiger partial charge in [-0.15, -0.1) is 0 Å². The zero-order valence-electron chi connectivity index (χ0n) is 9.17. The van der Waals surface area contributed by atoms with Crippen molar-refractivity contribution in [2.24, 2.45) is 0 Å². The van der Waals surface area contributed by atoms with Crippen LogP contribution in [0.1, 0.15) is 18.4 Å². The smallest absolute Gasteiger partial charge is 0.0468 e. The molecule has 1 saturated heterocycles. The van der Waals surface area contributed by atoms with Gasteiger partial charge in [0, 0.05) is 28.1 Å². The molecule has 0 unspecified atom stereocenters. The van der Waals surface area contributed by atoms with Gasteiger partial charge in [0.25, 0.3) is 0 Å². The van der Waals surface area contributed by atoms with Crippen LogP contribution in [0.25, 0.3) is 10.9 Å². The van der Waals surface area contributed by atoms with E-state index in [9.17, 15) is 0 Å². The largest absolute Gasteiger partial charge is 0.361 e. The predicted octanol–water partition coefficient (Wildman–Crippen LogP) is 3.53. The van der Waals surface area contributed by atoms with Crippen LogP contribution < -0.4 is 0 Å². The Balaban J connectivity index is 1.97. The van der Waals surface area contributed by atoms with E-state index >= 15 is 0 Å². The zero-order valence-corrected chi connectivity index (χ0v) is 10.8. The average Bonchev–Trinajstić information content (AvgIpc) is 2.90. The maximum atomic E-state index is 3.64. The molecule has 1 aliphatic heterocycles. The number of H-pyrrole nitrogens is 1. The minimum Gasteiger partial charge on any atom is -0.361 e. The first kappa shape index (κ1) is 10.4. The fourth-order valence-electron chi connectivity index (χ4n) is 2.51. The van der Waals surface area contributed by atoms with Gasteiger partial charge in [0.2, 0.25) is 0 Å². The molecule has 2 heterocycles. The van der Waals surface area contributed by atoms with E-state index in [0.29, 0.717) is 0 Å². The van der Waals surface area contributed by atoms with E-state index in [2.05, 4.69) is 50.2 Å². The summed E-state index contributed by atoms with van der Waals surface area (Å²) in [5.41, 5.74) is 2.63. The molecule has 1 aliphatic rings. The number of likely N-dealkylation sites (tertiary alicyclic amines) is 1. The molecule has 84 valence electrons. The number of fused-ring (bicyclic) bond motifs is 1. The van der Waals surface area contributed by atoms with Crippen LogP contribution >= 0.6 is 15.9 Å². The number of hydrogen-bond acceptors (Lipinski definition) is 1. The molecule has 16 heavy (non-hydrogen) atoms. The molecule has 0 radical (unpaired) electrons. The van der Waals surface area contributed by atoms with E-state index in [1.807, 2.05) is 0 Å². The molecule has 2 aromatic rings. The summed E-state index contributed by atoms with van der Waals surface area (Å²) in [6.07, 6.45) is 4.85. The number of aromatic nitrogens is 1. The van der Waals surface area contributed by atoms with Crippen molar-refractivity contribution in [3.8, 4) is 0 Å². The Morgan fingerprint density at radius 3 is 2.88 bits per heavy atom. The molecule has 0 bridgehead atoms. The predicted molar refractivity (Wildman–Crippen MR) is 70.5 cm³/mol. The molecule has 0 saturated carbocycles. The van der Waals surface area contributed by atoms with Crippen LogP contribution in [0.3, 0.4) is 0 Å². The molecule has 2 nitrogen and oxygen atoms in total. The molecular weight excluding hydrogens is 264 g/mol. The van der Waals surface area contributed by atoms with Crippen molar-refractivity contribution < 1.29 is 0 Å². The molecule has 1 N–H and O–H groups in total. The lowest BCUT2D eigenvalue weighted by Crippen LogP contribution is -2.18. The highest BCUT2D eigenvalue weighted by atomic mass is 79.9. The number of aromatic amines is 1. The Labute approximate surface area is 104 Å². The van der Waals surface area contributed by atoms with E-state index in [0.717, 1.165) is 6.54 Å². The number of nitrogens with one attached hydrogen (secondary N) is 1. The minimum absolute atomic E-state index is 1.07. The van der Waals surface area contributed by atoms with Crippen molar-refractivity contribution in [1.82, 2.24) is 9.88 Å². The molecule has 0 spiro atoms. The number of nitrogens with zero attached hydrogens (tertiary/aromatic N) is 1. The third-order valence-corrected chi connectivity index (χ3v) is 3.99. The lowest BCUT2D eigenvalue weighted by atomic mass is 10.1. The quantitative estimate of drug-likeness (QED) is 0.891. The van der Waals surface area contributed by atoms with Gasteiger partial charge in [-0.05, 0) is 43.6 Å². The summed E-state index contributed by atoms with van der Waals surface area (Å²) < 4.78 is 1.19. The van der Waals surface area contributed by atoms with Crippen LogP contribution in [0.5, 0.6) is 0 Å². The van der Waals surface area contributed by atoms with E-state index in [1.54, 1.807) is 0 Å². The molecular formula is C13H15BrN2. The Morgan fingerprint density at radius 2 is 2.06 bits per heavy atom. The lowest BCUT2D eigenvalue weighted by Gasteiger charge is -2.13. The fraction of sp³-hybridized carbons (Fsp3) is 0.385. The van der Waals surface area contributed by atoms with Crippen molar-refractivity contribution in [2.45, 2.75) is 19.4 Å². The molecule has 0 amide bonds. The van der Waals surface area contributed by atoms with E-state index in [1.165, 1.54) is 46.9 Å². The first-order valence-corrected chi connectivity index (χ1v) is 6.61. The Hall–Kier alpha value is -0.800. The fourth-order valence-corrected chi connectivity index (χ4v) is 3.13. The highest BCUT2D eigenvalue weighted by Crippen LogP contribution is 2.28. The zero-order chi connectivity index (χ0) is 11.0. The monoisotopic (exact) mass is 278 g/mol. The third-order valence-electron chi connectivity index (χ3n) is 3.33. The molecule has 1 aromatic heterocycles. The van der Waals surface area contributed by atoms with Crippen LogP contribution in [0.4, 0.5) is 0 Å². The Morgan fingerprint density at radius 1 is 1.25 bits per heavy atom. The van der Waals surface area contributed by atoms with Crippen LogP contribution in [-0.4, -0.2) is 23.0 Å². The van der Waals surface area contributed by atoms with Crippen LogP contribution in [0, 0.1) is 0 Å². The first-order valence-electron chi connectivity index (χ1n) is 5.81. The van der Waals surface area contributed by atoms with E-state index in [4.69, 9.17) is 0 Å². The van der Waals surface area contributed by atoms with Gasteiger partial charge in [0.1, 0.15) is 0 Å². The highest BCUT2D eigenvalue weighted by molar-refractivity contribution is 9.10. The summed E-state index contributed by atoms with van der Waals surface area (Å²) in [7, 11) is 0. The first-order chi connectivity index (χ1) is 7.84. The second kappa shape index (κ2) is 4.22. The van der Waals surface area contributed by atoms with Crippen LogP contribution in [0.15, 0.2) is 28.9 Å². The molecule has 0 atom stereocenters. The SMILES string of the molecule is Brc1cccc2[nH]cc(CN3CCCC3)c12. The average molecular weight is 279 g/mol. The van der Waals surface area contributed by atoms with Gasteiger partial charge in [-0.2, -0.15) is 0 Å². The second-order valence-corrected chi connectivity index (χ2v) is 5.31. The molecule has 0 aliphatic carbocycles. The Bertz CT molecular complexity index is 498. The van der Waals surface area contributed by atoms with Gasteiger partial charge < -0.3 is 4.98 Å². The van der Waals surface area contributed by atoms with Gasteiger partial charge in [0.05, 0.1) is 0 Å². The number of rotatable bonds is 2. The minimum atomic E-state index is 1.07. The normalized spacial score (nSPS) is 17.3. The summed E-state index contributed by atoms with van der Waals surface area (Å²) in [6.45, 7) is 3.57. The van der Waals surface area contributed by atoms with Gasteiger partial charge in [-0.25, -0.2) is 0 Å². The maximum Gasteiger partial charge on any atom is 0.0468 e. The number of halogens is 1. The van der Waals surface area contributed by atoms with Crippen LogP contribution in [-0.2, 0) is 6.54 Å². The maximum absolute atomic E-state index is 3.64. The summed E-state index contributed by atoms with van der Waals surface area (Å²) in [4.78, 5) is 5.88. The molecule has 1 fully saturated rings. The van der Waals surface area contributed by atoms with Crippen molar-refractivity contribution in [3.05, 3.63) is 34.4 Å². The van der Waals surface area contributed by atoms with Gasteiger partial charge in [-0.1, -0.05) is 22.0 Å². The molecule has 3 heteroatoms. The van der Waals surface area contributed by atoms with Crippen molar-refractivity contribution in [3.63, 3.8) is 0 Å². The van der Waals surface area contributed by atoms with Crippen molar-refractivity contribution in [1.29, 1.82) is 0 Å². The lowest BCUT2D eigenvalue weighted by molar-refractivity contribution is 0.332. The van der Waals surface area contributed by atoms with Crippen molar-refractivity contribution in [2.75, 3.05) is 13.1 Å².